The molecule has 0 fully saturated rings. The topological polar surface area (TPSA) is 103 Å². The monoisotopic (exact) mass is 1740 g/mol. The molecule has 8 heteroatoms. The molecule has 0 bridgehead atoms. The molecule has 0 saturated heterocycles. The zero-order valence-corrected chi connectivity index (χ0v) is 74.4. The van der Waals surface area contributed by atoms with Crippen molar-refractivity contribution in [3.05, 3.63) is 534 Å². The fourth-order valence-electron chi connectivity index (χ4n) is 17.3. The molecule has 0 N–H and O–H groups in total. The minimum absolute atomic E-state index is 0.638. The fourth-order valence-corrected chi connectivity index (χ4v) is 17.3. The summed E-state index contributed by atoms with van der Waals surface area (Å²) in [6.07, 6.45) is 0. The van der Waals surface area contributed by atoms with Gasteiger partial charge >= 0.3 is 0 Å². The Morgan fingerprint density at radius 2 is 0.279 bits per heavy atom. The van der Waals surface area contributed by atoms with Gasteiger partial charge in [-0.25, -0.2) is 39.9 Å². The van der Waals surface area contributed by atoms with Crippen molar-refractivity contribution < 1.29 is 0 Å². The molecular formula is C128H88N8. The maximum Gasteiger partial charge on any atom is 0.164 e. The molecule has 8 nitrogen and oxygen atoms in total. The maximum atomic E-state index is 5.12. The van der Waals surface area contributed by atoms with Crippen LogP contribution in [0.5, 0.6) is 0 Å². The lowest BCUT2D eigenvalue weighted by atomic mass is 9.91. The predicted octanol–water partition coefficient (Wildman–Crippen LogP) is 33.0. The Balaban J connectivity index is 0.000000124. The minimum Gasteiger partial charge on any atom is -0.228 e. The van der Waals surface area contributed by atoms with E-state index in [1.807, 2.05) is 164 Å². The molecule has 0 unspecified atom stereocenters. The van der Waals surface area contributed by atoms with Gasteiger partial charge in [0.15, 0.2) is 40.8 Å². The summed E-state index contributed by atoms with van der Waals surface area (Å²) in [4.78, 5) is 39.8. The quantitative estimate of drug-likeness (QED) is 0.0789. The van der Waals surface area contributed by atoms with E-state index in [1.165, 1.54) is 66.4 Å². The largest absolute Gasteiger partial charge is 0.228 e. The summed E-state index contributed by atoms with van der Waals surface area (Å²) in [6.45, 7) is 0. The average molecular weight is 1740 g/mol. The lowest BCUT2D eigenvalue weighted by molar-refractivity contribution is 1.07. The summed E-state index contributed by atoms with van der Waals surface area (Å²) in [5, 5.41) is 2.43. The average Bonchev–Trinajstić information content (AvgIpc) is 0.773. The number of hydrogen-bond donors (Lipinski definition) is 0. The van der Waals surface area contributed by atoms with E-state index >= 15 is 0 Å². The molecule has 0 spiro atoms. The first-order valence-corrected chi connectivity index (χ1v) is 45.7. The standard InChI is InChI=1S/C51H35N3.C40H28N2.C37H25N3/c1-5-15-36(16-6-1)42-23-13-25-44(31-42)47-33-46(34-48(35-47)45-26-14-24-43(32-45)37-17-7-2-8-18-37)38-27-29-41(30-28-38)51-53-49(39-19-9-3-10-20-39)52-50(54-51)40-21-11-4-12-22-40;1-5-14-29(15-6-1)33-22-13-23-34(24-33)36-25-35(30-16-7-2-8-17-30)26-37(27-36)39-28-38(31-18-9-3-10-19-31)41-40(42-39)32-20-11-4-12-21-32;1-4-13-26(14-5-1)30-23-31(34-22-12-20-27-15-10-11-21-33(27)34)25-32(24-30)37-39-35(28-16-6-2-7-17-28)38-36(40-37)29-18-8-3-9-19-29/h1-35H;1-28H;1-25H. The number of rotatable bonds is 19. The van der Waals surface area contributed by atoms with Gasteiger partial charge in [0.1, 0.15) is 0 Å². The van der Waals surface area contributed by atoms with Crippen LogP contribution in [-0.4, -0.2) is 39.9 Å². The zero-order valence-electron chi connectivity index (χ0n) is 74.4. The second-order valence-corrected chi connectivity index (χ2v) is 33.3. The molecule has 0 atom stereocenters. The summed E-state index contributed by atoms with van der Waals surface area (Å²) >= 11 is 0. The number of hydrogen-bond acceptors (Lipinski definition) is 8. The Bertz CT molecular complexity index is 7790. The van der Waals surface area contributed by atoms with Crippen molar-refractivity contribution in [1.29, 1.82) is 0 Å². The van der Waals surface area contributed by atoms with Crippen LogP contribution in [0.3, 0.4) is 0 Å². The maximum absolute atomic E-state index is 5.12. The van der Waals surface area contributed by atoms with Crippen molar-refractivity contribution in [2.24, 2.45) is 0 Å². The van der Waals surface area contributed by atoms with Crippen molar-refractivity contribution in [3.8, 4) is 213 Å². The van der Waals surface area contributed by atoms with Gasteiger partial charge in [0, 0.05) is 50.1 Å². The molecule has 3 aromatic heterocycles. The molecule has 0 radical (unpaired) electrons. The predicted molar refractivity (Wildman–Crippen MR) is 562 cm³/mol. The molecule has 0 aliphatic heterocycles. The molecule has 0 amide bonds. The van der Waals surface area contributed by atoms with Crippen LogP contribution in [0, 0.1) is 0 Å². The highest BCUT2D eigenvalue weighted by molar-refractivity contribution is 5.99. The molecule has 136 heavy (non-hydrogen) atoms. The minimum atomic E-state index is 0.638. The Kier molecular flexibility index (Phi) is 24.9. The van der Waals surface area contributed by atoms with Gasteiger partial charge in [-0.15, -0.1) is 0 Å². The van der Waals surface area contributed by atoms with Crippen molar-refractivity contribution >= 4 is 10.8 Å². The van der Waals surface area contributed by atoms with Gasteiger partial charge < -0.3 is 0 Å². The Hall–Kier alpha value is -18.2. The Morgan fingerprint density at radius 3 is 0.618 bits per heavy atom. The van der Waals surface area contributed by atoms with E-state index in [1.54, 1.807) is 0 Å². The Morgan fingerprint density at radius 1 is 0.0956 bits per heavy atom. The molecule has 0 aliphatic rings. The van der Waals surface area contributed by atoms with E-state index in [-0.39, 0.29) is 0 Å². The van der Waals surface area contributed by atoms with Crippen LogP contribution in [0.25, 0.3) is 224 Å². The number of benzene rings is 20. The second-order valence-electron chi connectivity index (χ2n) is 33.3. The number of nitrogens with zero attached hydrogens (tertiary/aromatic N) is 8. The molecule has 20 aromatic carbocycles. The lowest BCUT2D eigenvalue weighted by Crippen LogP contribution is -2.00. The summed E-state index contributed by atoms with van der Waals surface area (Å²) < 4.78 is 0. The first-order valence-electron chi connectivity index (χ1n) is 45.7. The van der Waals surface area contributed by atoms with E-state index in [9.17, 15) is 0 Å². The molecule has 3 heterocycles. The van der Waals surface area contributed by atoms with Crippen LogP contribution >= 0.6 is 0 Å². The first-order chi connectivity index (χ1) is 67.3. The fraction of sp³-hybridized carbons (Fsp3) is 0. The van der Waals surface area contributed by atoms with E-state index in [2.05, 4.69) is 370 Å². The summed E-state index contributed by atoms with van der Waals surface area (Å²) in [6, 6.07) is 186. The summed E-state index contributed by atoms with van der Waals surface area (Å²) in [5.74, 6) is 4.60. The van der Waals surface area contributed by atoms with Crippen LogP contribution < -0.4 is 0 Å². The lowest BCUT2D eigenvalue weighted by Gasteiger charge is -2.14. The smallest absolute Gasteiger partial charge is 0.164 e. The number of fused-ring (bicyclic) bond motifs is 1. The van der Waals surface area contributed by atoms with Crippen LogP contribution in [-0.2, 0) is 0 Å². The van der Waals surface area contributed by atoms with Gasteiger partial charge in [-0.3, -0.25) is 0 Å². The van der Waals surface area contributed by atoms with Gasteiger partial charge in [-0.1, -0.05) is 455 Å². The van der Waals surface area contributed by atoms with Gasteiger partial charge in [0.2, 0.25) is 0 Å². The molecular weight excluding hydrogens is 1650 g/mol. The molecule has 640 valence electrons. The molecule has 23 aromatic rings. The SMILES string of the molecule is c1ccc(-c2cc(-c3nc(-c4ccccc4)nc(-c4ccccc4)n3)cc(-c3cccc4ccccc34)c2)cc1.c1ccc(-c2cccc(-c3cc(-c4ccc(-c5nc(-c6ccccc6)nc(-c6ccccc6)n5)cc4)cc(-c4cccc(-c5ccccc5)c4)c3)c2)cc1.c1ccc(-c2cccc(-c3cc(-c4ccccc4)cc(-c4cc(-c5ccccc5)nc(-c5ccccc5)n4)c3)c2)cc1. The van der Waals surface area contributed by atoms with Crippen LogP contribution in [0.2, 0.25) is 0 Å². The molecule has 0 saturated carbocycles. The summed E-state index contributed by atoms with van der Waals surface area (Å²) in [7, 11) is 0. The van der Waals surface area contributed by atoms with Crippen molar-refractivity contribution in [2.45, 2.75) is 0 Å². The third-order valence-corrected chi connectivity index (χ3v) is 24.3. The highest BCUT2D eigenvalue weighted by atomic mass is 15.0. The van der Waals surface area contributed by atoms with E-state index in [4.69, 9.17) is 39.9 Å². The molecule has 0 aliphatic carbocycles. The van der Waals surface area contributed by atoms with E-state index in [0.29, 0.717) is 40.8 Å². The van der Waals surface area contributed by atoms with Gasteiger partial charge in [0.25, 0.3) is 0 Å². The third-order valence-electron chi connectivity index (χ3n) is 24.3. The number of aromatic nitrogens is 8. The van der Waals surface area contributed by atoms with E-state index < -0.39 is 0 Å². The van der Waals surface area contributed by atoms with Gasteiger partial charge in [-0.05, 0) is 201 Å². The normalized spacial score (nSPS) is 10.9. The second kappa shape index (κ2) is 40.0. The molecule has 23 rings (SSSR count). The third kappa shape index (κ3) is 19.6. The highest BCUT2D eigenvalue weighted by Gasteiger charge is 2.21. The van der Waals surface area contributed by atoms with E-state index in [0.717, 1.165) is 117 Å². The van der Waals surface area contributed by atoms with Crippen molar-refractivity contribution in [1.82, 2.24) is 39.9 Å². The highest BCUT2D eigenvalue weighted by Crippen LogP contribution is 2.42. The van der Waals surface area contributed by atoms with Crippen LogP contribution in [0.15, 0.2) is 534 Å². The van der Waals surface area contributed by atoms with Crippen molar-refractivity contribution in [3.63, 3.8) is 0 Å². The zero-order chi connectivity index (χ0) is 91.0. The van der Waals surface area contributed by atoms with Gasteiger partial charge in [0.05, 0.1) is 11.4 Å². The Labute approximate surface area is 792 Å². The summed E-state index contributed by atoms with van der Waals surface area (Å²) in [5.41, 5.74) is 33.8. The van der Waals surface area contributed by atoms with Crippen LogP contribution in [0.1, 0.15) is 0 Å². The van der Waals surface area contributed by atoms with Crippen molar-refractivity contribution in [2.75, 3.05) is 0 Å². The first kappa shape index (κ1) is 84.6. The van der Waals surface area contributed by atoms with Crippen LogP contribution in [0.4, 0.5) is 0 Å². The van der Waals surface area contributed by atoms with Gasteiger partial charge in [-0.2, -0.15) is 0 Å².